The number of Topliss-reactive ketones (excluding diaryl/α,β-unsaturated/α-hetero) is 1. The Morgan fingerprint density at radius 3 is 2.56 bits per heavy atom. The summed E-state index contributed by atoms with van der Waals surface area (Å²) in [4.78, 5) is 24.7. The number of amides is 1. The lowest BCUT2D eigenvalue weighted by Gasteiger charge is -2.36. The molecular formula is C12H20FNO4. The second-order valence-corrected chi connectivity index (χ2v) is 5.76. The molecule has 0 aromatic rings. The Balaban J connectivity index is 0.00000162. The molecule has 3 atom stereocenters. The average molecular weight is 261 g/mol. The SMILES string of the molecule is CC(C)(C)OC(=O)N1C2CCC1C(F)C(=O)C2.O. The van der Waals surface area contributed by atoms with Crippen LogP contribution in [0.15, 0.2) is 0 Å². The molecule has 2 rings (SSSR count). The fourth-order valence-electron chi connectivity index (χ4n) is 2.56. The van der Waals surface area contributed by atoms with Crippen LogP contribution in [-0.4, -0.2) is 46.1 Å². The van der Waals surface area contributed by atoms with Gasteiger partial charge in [0.25, 0.3) is 0 Å². The smallest absolute Gasteiger partial charge is 0.410 e. The molecule has 1 amide bonds. The van der Waals surface area contributed by atoms with Gasteiger partial charge in [0.1, 0.15) is 5.60 Å². The van der Waals surface area contributed by atoms with Gasteiger partial charge in [0.2, 0.25) is 0 Å². The summed E-state index contributed by atoms with van der Waals surface area (Å²) in [5.74, 6) is -0.377. The lowest BCUT2D eigenvalue weighted by Crippen LogP contribution is -2.54. The maximum atomic E-state index is 13.7. The number of hydrogen-bond acceptors (Lipinski definition) is 3. The van der Waals surface area contributed by atoms with Crippen LogP contribution in [0.25, 0.3) is 0 Å². The molecule has 2 aliphatic rings. The molecule has 2 heterocycles. The summed E-state index contributed by atoms with van der Waals surface area (Å²) in [5, 5.41) is 0. The van der Waals surface area contributed by atoms with Crippen molar-refractivity contribution in [2.45, 2.75) is 63.9 Å². The van der Waals surface area contributed by atoms with Gasteiger partial charge in [-0.05, 0) is 33.6 Å². The Morgan fingerprint density at radius 2 is 2.00 bits per heavy atom. The quantitative estimate of drug-likeness (QED) is 0.658. The van der Waals surface area contributed by atoms with Crippen molar-refractivity contribution in [2.24, 2.45) is 0 Å². The van der Waals surface area contributed by atoms with E-state index in [9.17, 15) is 14.0 Å². The monoisotopic (exact) mass is 261 g/mol. The number of rotatable bonds is 0. The van der Waals surface area contributed by atoms with Crippen LogP contribution in [0, 0.1) is 0 Å². The first-order valence-corrected chi connectivity index (χ1v) is 5.98. The van der Waals surface area contributed by atoms with Crippen LogP contribution in [0.2, 0.25) is 0 Å². The van der Waals surface area contributed by atoms with Gasteiger partial charge in [0.05, 0.1) is 6.04 Å². The Morgan fingerprint density at radius 1 is 1.39 bits per heavy atom. The van der Waals surface area contributed by atoms with E-state index in [0.717, 1.165) is 0 Å². The van der Waals surface area contributed by atoms with Gasteiger partial charge < -0.3 is 10.2 Å². The minimum atomic E-state index is -1.54. The highest BCUT2D eigenvalue weighted by atomic mass is 19.1. The molecule has 2 bridgehead atoms. The minimum absolute atomic E-state index is 0. The van der Waals surface area contributed by atoms with E-state index < -0.39 is 23.9 Å². The highest BCUT2D eigenvalue weighted by Gasteiger charge is 2.50. The molecule has 0 aromatic heterocycles. The molecule has 2 saturated heterocycles. The summed E-state index contributed by atoms with van der Waals surface area (Å²) >= 11 is 0. The molecule has 2 aliphatic heterocycles. The van der Waals surface area contributed by atoms with E-state index in [1.54, 1.807) is 20.8 Å². The molecule has 0 aliphatic carbocycles. The minimum Gasteiger partial charge on any atom is -0.444 e. The van der Waals surface area contributed by atoms with E-state index in [-0.39, 0.29) is 23.7 Å². The van der Waals surface area contributed by atoms with E-state index in [0.29, 0.717) is 12.8 Å². The average Bonchev–Trinajstić information content (AvgIpc) is 2.51. The lowest BCUT2D eigenvalue weighted by molar-refractivity contribution is -0.130. The molecule has 104 valence electrons. The zero-order chi connectivity index (χ0) is 12.8. The maximum Gasteiger partial charge on any atom is 0.410 e. The standard InChI is InChI=1S/C12H18FNO3.H2O/c1-12(2,3)17-11(16)14-7-4-5-8(14)10(13)9(15)6-7;/h7-8,10H,4-6H2,1-3H3;1H2. The van der Waals surface area contributed by atoms with E-state index in [1.165, 1.54) is 4.90 Å². The first-order chi connectivity index (χ1) is 7.79. The highest BCUT2D eigenvalue weighted by Crippen LogP contribution is 2.36. The van der Waals surface area contributed by atoms with Crippen LogP contribution in [-0.2, 0) is 9.53 Å². The summed E-state index contributed by atoms with van der Waals surface area (Å²) in [7, 11) is 0. The van der Waals surface area contributed by atoms with Crippen molar-refractivity contribution in [3.63, 3.8) is 0 Å². The van der Waals surface area contributed by atoms with Crippen molar-refractivity contribution in [3.8, 4) is 0 Å². The summed E-state index contributed by atoms with van der Waals surface area (Å²) < 4.78 is 19.0. The normalized spacial score (nSPS) is 31.0. The van der Waals surface area contributed by atoms with Gasteiger partial charge in [-0.3, -0.25) is 9.69 Å². The van der Waals surface area contributed by atoms with Crippen LogP contribution in [0.5, 0.6) is 0 Å². The summed E-state index contributed by atoms with van der Waals surface area (Å²) in [5.41, 5.74) is -0.593. The fraction of sp³-hybridized carbons (Fsp3) is 0.833. The largest absolute Gasteiger partial charge is 0.444 e. The van der Waals surface area contributed by atoms with Gasteiger partial charge in [0, 0.05) is 12.5 Å². The molecule has 18 heavy (non-hydrogen) atoms. The Kier molecular flexibility index (Phi) is 4.00. The number of hydrogen-bond donors (Lipinski definition) is 0. The number of nitrogens with zero attached hydrogens (tertiary/aromatic N) is 1. The topological polar surface area (TPSA) is 78.1 Å². The molecule has 2 N–H and O–H groups in total. The first kappa shape index (κ1) is 14.9. The third kappa shape index (κ3) is 2.63. The predicted octanol–water partition coefficient (Wildman–Crippen LogP) is 1.24. The zero-order valence-electron chi connectivity index (χ0n) is 10.9. The van der Waals surface area contributed by atoms with Gasteiger partial charge in [-0.2, -0.15) is 0 Å². The summed E-state index contributed by atoms with van der Waals surface area (Å²) in [6.07, 6.45) is -0.675. The number of ether oxygens (including phenoxy) is 1. The van der Waals surface area contributed by atoms with Crippen molar-refractivity contribution in [2.75, 3.05) is 0 Å². The third-order valence-corrected chi connectivity index (χ3v) is 3.23. The number of fused-ring (bicyclic) bond motifs is 2. The Bertz CT molecular complexity index is 352. The number of carbonyl (C=O) groups is 2. The Labute approximate surface area is 106 Å². The van der Waals surface area contributed by atoms with Gasteiger partial charge >= 0.3 is 6.09 Å². The van der Waals surface area contributed by atoms with Gasteiger partial charge in [-0.1, -0.05) is 0 Å². The zero-order valence-corrected chi connectivity index (χ0v) is 10.9. The predicted molar refractivity (Wildman–Crippen MR) is 63.0 cm³/mol. The van der Waals surface area contributed by atoms with Gasteiger partial charge in [-0.15, -0.1) is 0 Å². The van der Waals surface area contributed by atoms with E-state index in [1.807, 2.05) is 0 Å². The molecule has 2 fully saturated rings. The highest BCUT2D eigenvalue weighted by molar-refractivity contribution is 5.87. The van der Waals surface area contributed by atoms with Crippen LogP contribution >= 0.6 is 0 Å². The summed E-state index contributed by atoms with van der Waals surface area (Å²) in [6.45, 7) is 5.32. The van der Waals surface area contributed by atoms with Crippen molar-refractivity contribution in [1.82, 2.24) is 4.90 Å². The molecule has 0 spiro atoms. The number of halogens is 1. The molecule has 3 unspecified atom stereocenters. The van der Waals surface area contributed by atoms with Crippen LogP contribution in [0.4, 0.5) is 9.18 Å². The van der Waals surface area contributed by atoms with Crippen LogP contribution in [0.1, 0.15) is 40.0 Å². The van der Waals surface area contributed by atoms with E-state index >= 15 is 0 Å². The van der Waals surface area contributed by atoms with Crippen LogP contribution < -0.4 is 0 Å². The second kappa shape index (κ2) is 4.84. The fourth-order valence-corrected chi connectivity index (χ4v) is 2.56. The Hall–Kier alpha value is -1.17. The molecule has 6 heteroatoms. The summed E-state index contributed by atoms with van der Waals surface area (Å²) in [6, 6.07) is -0.787. The molecule has 5 nitrogen and oxygen atoms in total. The van der Waals surface area contributed by atoms with Crippen molar-refractivity contribution >= 4 is 11.9 Å². The number of carbonyl (C=O) groups excluding carboxylic acids is 2. The van der Waals surface area contributed by atoms with Gasteiger partial charge in [-0.25, -0.2) is 9.18 Å². The van der Waals surface area contributed by atoms with Crippen LogP contribution in [0.3, 0.4) is 0 Å². The molecule has 0 saturated carbocycles. The molecule has 0 radical (unpaired) electrons. The third-order valence-electron chi connectivity index (χ3n) is 3.23. The number of piperidine rings is 1. The van der Waals surface area contributed by atoms with Crippen molar-refractivity contribution in [1.29, 1.82) is 0 Å². The number of alkyl halides is 1. The number of ketones is 1. The van der Waals surface area contributed by atoms with Gasteiger partial charge in [0.15, 0.2) is 12.0 Å². The maximum absolute atomic E-state index is 13.7. The molecule has 0 aromatic carbocycles. The first-order valence-electron chi connectivity index (χ1n) is 5.98. The second-order valence-electron chi connectivity index (χ2n) is 5.76. The molecular weight excluding hydrogens is 241 g/mol. The van der Waals surface area contributed by atoms with E-state index in [4.69, 9.17) is 4.74 Å². The van der Waals surface area contributed by atoms with Crippen molar-refractivity contribution in [3.05, 3.63) is 0 Å². The lowest BCUT2D eigenvalue weighted by atomic mass is 10.0. The van der Waals surface area contributed by atoms with Crippen molar-refractivity contribution < 1.29 is 24.2 Å². The van der Waals surface area contributed by atoms with E-state index in [2.05, 4.69) is 0 Å².